The molecule has 17 nitrogen and oxygen atoms in total. The van der Waals surface area contributed by atoms with Crippen LogP contribution in [0.4, 0.5) is 9.59 Å². The van der Waals surface area contributed by atoms with E-state index in [0.29, 0.717) is 23.5 Å². The molecule has 0 spiro atoms. The molecule has 9 atom stereocenters. The van der Waals surface area contributed by atoms with Gasteiger partial charge in [0.2, 0.25) is 12.5 Å². The summed E-state index contributed by atoms with van der Waals surface area (Å²) in [5.74, 6) is -0.366. The molecule has 0 bridgehead atoms. The molecular weight excluding hydrogens is 712 g/mol. The van der Waals surface area contributed by atoms with Gasteiger partial charge in [0, 0.05) is 51.0 Å². The SMILES string of the molecule is COC(=O)N(C)CCN(C)C(=O)Oc1c(OC)cc([C@@H]2c3cc4c(c(C[C@@H]5O[C@@H]6COC(C)O[C@H]6[C@H](O)[C@H]5O)c3C[C@H]3COC(=O)C32)OCO4)cc1OC. The first-order valence-electron chi connectivity index (χ1n) is 17.8. The average Bonchev–Trinajstić information content (AvgIpc) is 3.80. The van der Waals surface area contributed by atoms with Crippen LogP contribution in [0.3, 0.4) is 0 Å². The van der Waals surface area contributed by atoms with Crippen LogP contribution in [-0.4, -0.2) is 143 Å². The van der Waals surface area contributed by atoms with Crippen molar-refractivity contribution in [3.63, 3.8) is 0 Å². The third-order valence-electron chi connectivity index (χ3n) is 10.9. The number of carbonyl (C=O) groups excluding carboxylic acids is 3. The first kappa shape index (κ1) is 37.8. The van der Waals surface area contributed by atoms with Gasteiger partial charge in [-0.15, -0.1) is 0 Å². The van der Waals surface area contributed by atoms with Gasteiger partial charge in [-0.05, 0) is 48.2 Å². The number of aliphatic hydroxyl groups excluding tert-OH is 2. The molecule has 2 N–H and O–H groups in total. The first-order chi connectivity index (χ1) is 25.9. The lowest BCUT2D eigenvalue weighted by Gasteiger charge is -2.46. The van der Waals surface area contributed by atoms with Crippen molar-refractivity contribution in [1.29, 1.82) is 0 Å². The fraction of sp³-hybridized carbons (Fsp3) is 0.595. The van der Waals surface area contributed by atoms with Gasteiger partial charge in [0.05, 0.1) is 46.6 Å². The molecule has 17 heteroatoms. The van der Waals surface area contributed by atoms with E-state index in [1.165, 1.54) is 38.2 Å². The number of carbonyl (C=O) groups is 3. The van der Waals surface area contributed by atoms with Crippen molar-refractivity contribution in [2.24, 2.45) is 11.8 Å². The molecule has 1 aliphatic carbocycles. The Bertz CT molecular complexity index is 1740. The molecule has 3 saturated heterocycles. The quantitative estimate of drug-likeness (QED) is 0.352. The van der Waals surface area contributed by atoms with Crippen LogP contribution in [0.25, 0.3) is 0 Å². The lowest BCUT2D eigenvalue weighted by Crippen LogP contribution is -2.62. The Morgan fingerprint density at radius 3 is 2.30 bits per heavy atom. The molecule has 4 heterocycles. The van der Waals surface area contributed by atoms with E-state index >= 15 is 0 Å². The minimum absolute atomic E-state index is 0.0269. The molecule has 5 aliphatic rings. The smallest absolute Gasteiger partial charge is 0.415 e. The second-order valence-corrected chi connectivity index (χ2v) is 14.1. The van der Waals surface area contributed by atoms with Gasteiger partial charge in [-0.1, -0.05) is 0 Å². The predicted octanol–water partition coefficient (Wildman–Crippen LogP) is 1.83. The van der Waals surface area contributed by atoms with Crippen LogP contribution in [0.5, 0.6) is 28.7 Å². The number of hydrogen-bond acceptors (Lipinski definition) is 15. The molecule has 0 aromatic heterocycles. The summed E-state index contributed by atoms with van der Waals surface area (Å²) in [5, 5.41) is 22.4. The van der Waals surface area contributed by atoms with Crippen molar-refractivity contribution in [3.8, 4) is 28.7 Å². The third-order valence-corrected chi connectivity index (χ3v) is 10.9. The van der Waals surface area contributed by atoms with Gasteiger partial charge in [-0.3, -0.25) is 4.79 Å². The first-order valence-corrected chi connectivity index (χ1v) is 17.8. The number of ether oxygens (including phenoxy) is 10. The standard InChI is InChI=1S/C37H46N2O15/c1-17-48-15-27-34(52-17)31(41)30(40)23(53-27)13-22-20-9-19-14-49-35(42)29(19)28(21(20)12-26-32(22)51-16-50-26)18-10-24(45-4)33(25(11-18)46-5)54-37(44)39(3)8-7-38(2)36(43)47-6/h10-12,17,19,23,27-31,34,40-41H,7-9,13-16H2,1-6H3/t17?,19-,23-,27+,28+,29?,30-,31+,34+/m0/s1. The fourth-order valence-electron chi connectivity index (χ4n) is 8.09. The van der Waals surface area contributed by atoms with Crippen LogP contribution in [0.1, 0.15) is 35.1 Å². The number of benzene rings is 2. The number of amides is 2. The van der Waals surface area contributed by atoms with Gasteiger partial charge in [-0.2, -0.15) is 0 Å². The highest BCUT2D eigenvalue weighted by molar-refractivity contribution is 5.79. The normalized spacial score (nSPS) is 29.3. The second kappa shape index (κ2) is 15.3. The predicted molar refractivity (Wildman–Crippen MR) is 184 cm³/mol. The maximum Gasteiger partial charge on any atom is 0.415 e. The molecule has 3 fully saturated rings. The van der Waals surface area contributed by atoms with Crippen molar-refractivity contribution >= 4 is 18.2 Å². The van der Waals surface area contributed by atoms with E-state index in [1.807, 2.05) is 6.07 Å². The fourth-order valence-corrected chi connectivity index (χ4v) is 8.09. The van der Waals surface area contributed by atoms with E-state index in [1.54, 1.807) is 26.1 Å². The molecule has 2 aromatic carbocycles. The monoisotopic (exact) mass is 758 g/mol. The van der Waals surface area contributed by atoms with Gasteiger partial charge >= 0.3 is 18.2 Å². The minimum Gasteiger partial charge on any atom is -0.493 e. The highest BCUT2D eigenvalue weighted by Crippen LogP contribution is 2.54. The molecule has 294 valence electrons. The molecule has 0 saturated carbocycles. The van der Waals surface area contributed by atoms with Gasteiger partial charge in [0.25, 0.3) is 0 Å². The number of likely N-dealkylation sites (N-methyl/N-ethyl adjacent to an activating group) is 2. The number of rotatable bonds is 9. The largest absolute Gasteiger partial charge is 0.493 e. The van der Waals surface area contributed by atoms with E-state index in [4.69, 9.17) is 47.4 Å². The molecule has 54 heavy (non-hydrogen) atoms. The molecule has 0 radical (unpaired) electrons. The van der Waals surface area contributed by atoms with E-state index in [2.05, 4.69) is 0 Å². The Kier molecular flexibility index (Phi) is 10.7. The molecule has 7 rings (SSSR count). The Morgan fingerprint density at radius 1 is 0.907 bits per heavy atom. The van der Waals surface area contributed by atoms with Crippen LogP contribution >= 0.6 is 0 Å². The van der Waals surface area contributed by atoms with Crippen LogP contribution in [-0.2, 0) is 41.3 Å². The topological polar surface area (TPSA) is 190 Å². The highest BCUT2D eigenvalue weighted by Gasteiger charge is 2.51. The molecular formula is C37H46N2O15. The Labute approximate surface area is 311 Å². The van der Waals surface area contributed by atoms with Crippen LogP contribution < -0.4 is 23.7 Å². The third kappa shape index (κ3) is 6.83. The molecule has 2 aromatic rings. The summed E-state index contributed by atoms with van der Waals surface area (Å²) in [7, 11) is 7.21. The molecule has 4 aliphatic heterocycles. The van der Waals surface area contributed by atoms with Crippen LogP contribution in [0, 0.1) is 11.8 Å². The van der Waals surface area contributed by atoms with Crippen LogP contribution in [0.2, 0.25) is 0 Å². The number of fused-ring (bicyclic) bond motifs is 4. The van der Waals surface area contributed by atoms with Crippen molar-refractivity contribution in [2.75, 3.05) is 68.5 Å². The summed E-state index contributed by atoms with van der Waals surface area (Å²) in [6, 6.07) is 5.28. The number of aliphatic hydroxyl groups is 2. The summed E-state index contributed by atoms with van der Waals surface area (Å²) >= 11 is 0. The summed E-state index contributed by atoms with van der Waals surface area (Å²) in [6.45, 7) is 2.44. The zero-order valence-electron chi connectivity index (χ0n) is 31.0. The number of nitrogens with zero attached hydrogens (tertiary/aromatic N) is 2. The second-order valence-electron chi connectivity index (χ2n) is 14.1. The number of cyclic esters (lactones) is 1. The Hall–Kier alpha value is -4.55. The zero-order valence-corrected chi connectivity index (χ0v) is 31.0. The average molecular weight is 759 g/mol. The molecule has 2 unspecified atom stereocenters. The molecule has 2 amide bonds. The van der Waals surface area contributed by atoms with Crippen molar-refractivity contribution in [3.05, 3.63) is 40.5 Å². The van der Waals surface area contributed by atoms with Crippen molar-refractivity contribution < 1.29 is 72.0 Å². The zero-order chi connectivity index (χ0) is 38.4. The van der Waals surface area contributed by atoms with E-state index in [0.717, 1.165) is 16.7 Å². The van der Waals surface area contributed by atoms with E-state index in [9.17, 15) is 24.6 Å². The minimum atomic E-state index is -1.27. The summed E-state index contributed by atoms with van der Waals surface area (Å²) < 4.78 is 57.3. The van der Waals surface area contributed by atoms with Gasteiger partial charge in [0.1, 0.15) is 24.4 Å². The van der Waals surface area contributed by atoms with E-state index in [-0.39, 0.29) is 68.7 Å². The lowest BCUT2D eigenvalue weighted by molar-refractivity contribution is -0.320. The van der Waals surface area contributed by atoms with Crippen molar-refractivity contribution in [2.45, 2.75) is 62.5 Å². The number of hydrogen-bond donors (Lipinski definition) is 2. The van der Waals surface area contributed by atoms with Crippen LogP contribution in [0.15, 0.2) is 18.2 Å². The summed E-state index contributed by atoms with van der Waals surface area (Å²) in [4.78, 5) is 41.1. The Balaban J connectivity index is 1.24. The van der Waals surface area contributed by atoms with Gasteiger partial charge < -0.3 is 67.4 Å². The maximum atomic E-state index is 13.5. The summed E-state index contributed by atoms with van der Waals surface area (Å²) in [6.07, 6.45) is -5.84. The maximum absolute atomic E-state index is 13.5. The lowest BCUT2D eigenvalue weighted by atomic mass is 9.66. The Morgan fingerprint density at radius 2 is 1.61 bits per heavy atom. The number of esters is 1. The highest BCUT2D eigenvalue weighted by atomic mass is 16.7. The van der Waals surface area contributed by atoms with Gasteiger partial charge in [-0.25, -0.2) is 9.59 Å². The van der Waals surface area contributed by atoms with Crippen molar-refractivity contribution in [1.82, 2.24) is 9.80 Å². The van der Waals surface area contributed by atoms with E-state index < -0.39 is 60.8 Å². The van der Waals surface area contributed by atoms with Gasteiger partial charge in [0.15, 0.2) is 29.3 Å². The summed E-state index contributed by atoms with van der Waals surface area (Å²) in [5.41, 5.74) is 3.02. The number of methoxy groups -OCH3 is 3.